The highest BCUT2D eigenvalue weighted by Gasteiger charge is 2.33. The zero-order chi connectivity index (χ0) is 20.6. The predicted molar refractivity (Wildman–Crippen MR) is 119 cm³/mol. The van der Waals surface area contributed by atoms with E-state index in [9.17, 15) is 4.79 Å². The molecular formula is C23H26N2O3S. The number of aliphatic imine (C=N–C) groups is 1. The van der Waals surface area contributed by atoms with Crippen molar-refractivity contribution in [3.8, 4) is 5.75 Å². The summed E-state index contributed by atoms with van der Waals surface area (Å²) < 4.78 is 10.9. The Morgan fingerprint density at radius 3 is 2.48 bits per heavy atom. The van der Waals surface area contributed by atoms with Crippen LogP contribution in [0.3, 0.4) is 0 Å². The van der Waals surface area contributed by atoms with Gasteiger partial charge in [-0.2, -0.15) is 0 Å². The van der Waals surface area contributed by atoms with Crippen LogP contribution in [-0.2, 0) is 9.53 Å². The monoisotopic (exact) mass is 410 g/mol. The maximum absolute atomic E-state index is 12.9. The minimum atomic E-state index is -0.0538. The van der Waals surface area contributed by atoms with Crippen LogP contribution >= 0.6 is 11.8 Å². The average molecular weight is 411 g/mol. The van der Waals surface area contributed by atoms with E-state index in [0.717, 1.165) is 17.0 Å². The molecule has 152 valence electrons. The first-order valence-corrected chi connectivity index (χ1v) is 10.5. The van der Waals surface area contributed by atoms with E-state index < -0.39 is 0 Å². The lowest BCUT2D eigenvalue weighted by molar-refractivity contribution is -0.122. The van der Waals surface area contributed by atoms with Gasteiger partial charge in [-0.3, -0.25) is 9.69 Å². The van der Waals surface area contributed by atoms with E-state index in [1.165, 1.54) is 11.8 Å². The molecule has 1 saturated heterocycles. The van der Waals surface area contributed by atoms with Gasteiger partial charge in [0.25, 0.3) is 5.91 Å². The molecule has 29 heavy (non-hydrogen) atoms. The molecule has 0 aromatic heterocycles. The number of hydrogen-bond donors (Lipinski definition) is 0. The molecular weight excluding hydrogens is 384 g/mol. The average Bonchev–Trinajstić information content (AvgIpc) is 3.01. The van der Waals surface area contributed by atoms with Crippen LogP contribution in [0.2, 0.25) is 0 Å². The van der Waals surface area contributed by atoms with E-state index in [1.807, 2.05) is 60.7 Å². The molecule has 3 rings (SSSR count). The molecule has 0 bridgehead atoms. The van der Waals surface area contributed by atoms with Crippen LogP contribution in [0.1, 0.15) is 19.4 Å². The van der Waals surface area contributed by atoms with Gasteiger partial charge in [-0.05, 0) is 53.6 Å². The number of thioether (sulfide) groups is 1. The van der Waals surface area contributed by atoms with Crippen LogP contribution in [-0.4, -0.2) is 42.8 Å². The molecule has 5 nitrogen and oxygen atoms in total. The molecule has 0 spiro atoms. The summed E-state index contributed by atoms with van der Waals surface area (Å²) in [6.07, 6.45) is 1.90. The predicted octanol–water partition coefficient (Wildman–Crippen LogP) is 4.97. The first kappa shape index (κ1) is 21.1. The standard InChI is InChI=1S/C23H26N2O3S/c1-17(2)16-28-20-11-9-18(10-12-20)15-21-22(26)25(13-14-27-3)23(29-21)24-19-7-5-4-6-8-19/h4-12,15,17H,13-14,16H2,1-3H3. The van der Waals surface area contributed by atoms with Crippen molar-refractivity contribution < 1.29 is 14.3 Å². The van der Waals surface area contributed by atoms with Crippen LogP contribution < -0.4 is 4.74 Å². The highest BCUT2D eigenvalue weighted by molar-refractivity contribution is 8.18. The van der Waals surface area contributed by atoms with Gasteiger partial charge >= 0.3 is 0 Å². The molecule has 1 amide bonds. The number of carbonyl (C=O) groups is 1. The van der Waals surface area contributed by atoms with E-state index in [1.54, 1.807) is 12.0 Å². The zero-order valence-corrected chi connectivity index (χ0v) is 17.8. The molecule has 0 unspecified atom stereocenters. The number of carbonyl (C=O) groups excluding carboxylic acids is 1. The summed E-state index contributed by atoms with van der Waals surface area (Å²) in [6.45, 7) is 5.84. The summed E-state index contributed by atoms with van der Waals surface area (Å²) in [5.74, 6) is 1.26. The van der Waals surface area contributed by atoms with Crippen LogP contribution in [0, 0.1) is 5.92 Å². The minimum Gasteiger partial charge on any atom is -0.493 e. The van der Waals surface area contributed by atoms with Gasteiger partial charge in [-0.25, -0.2) is 4.99 Å². The normalized spacial score (nSPS) is 17.0. The van der Waals surface area contributed by atoms with Gasteiger partial charge in [0.15, 0.2) is 5.17 Å². The Morgan fingerprint density at radius 2 is 1.83 bits per heavy atom. The number of nitrogens with zero attached hydrogens (tertiary/aromatic N) is 2. The van der Waals surface area contributed by atoms with Crippen molar-refractivity contribution in [2.24, 2.45) is 10.9 Å². The highest BCUT2D eigenvalue weighted by atomic mass is 32.2. The number of benzene rings is 2. The van der Waals surface area contributed by atoms with E-state index in [2.05, 4.69) is 18.8 Å². The summed E-state index contributed by atoms with van der Waals surface area (Å²) in [7, 11) is 1.63. The van der Waals surface area contributed by atoms with Crippen LogP contribution in [0.4, 0.5) is 5.69 Å². The summed E-state index contributed by atoms with van der Waals surface area (Å²) in [4.78, 5) is 19.9. The van der Waals surface area contributed by atoms with E-state index in [-0.39, 0.29) is 5.91 Å². The Hall–Kier alpha value is -2.57. The lowest BCUT2D eigenvalue weighted by atomic mass is 10.2. The molecule has 0 N–H and O–H groups in total. The van der Waals surface area contributed by atoms with Crippen molar-refractivity contribution in [2.45, 2.75) is 13.8 Å². The third kappa shape index (κ3) is 5.95. The van der Waals surface area contributed by atoms with E-state index in [0.29, 0.717) is 35.7 Å². The van der Waals surface area contributed by atoms with Crippen molar-refractivity contribution in [1.29, 1.82) is 0 Å². The third-order valence-electron chi connectivity index (χ3n) is 4.15. The maximum atomic E-state index is 12.9. The lowest BCUT2D eigenvalue weighted by Gasteiger charge is -2.14. The van der Waals surface area contributed by atoms with Crippen molar-refractivity contribution in [1.82, 2.24) is 4.90 Å². The first-order valence-electron chi connectivity index (χ1n) is 9.64. The van der Waals surface area contributed by atoms with Gasteiger partial charge in [0.05, 0.1) is 30.4 Å². The number of ether oxygens (including phenoxy) is 2. The number of para-hydroxylation sites is 1. The molecule has 2 aromatic carbocycles. The topological polar surface area (TPSA) is 51.1 Å². The summed E-state index contributed by atoms with van der Waals surface area (Å²) in [6, 6.07) is 17.4. The highest BCUT2D eigenvalue weighted by Crippen LogP contribution is 2.34. The molecule has 0 radical (unpaired) electrons. The van der Waals surface area contributed by atoms with Crippen molar-refractivity contribution in [3.63, 3.8) is 0 Å². The minimum absolute atomic E-state index is 0.0538. The van der Waals surface area contributed by atoms with Gasteiger partial charge in [0.2, 0.25) is 0 Å². The van der Waals surface area contributed by atoms with E-state index >= 15 is 0 Å². The largest absolute Gasteiger partial charge is 0.493 e. The fourth-order valence-corrected chi connectivity index (χ4v) is 3.68. The van der Waals surface area contributed by atoms with Gasteiger partial charge < -0.3 is 9.47 Å². The second-order valence-electron chi connectivity index (χ2n) is 7.06. The SMILES string of the molecule is COCCN1C(=O)C(=Cc2ccc(OCC(C)C)cc2)SC1=Nc1ccccc1. The van der Waals surface area contributed by atoms with Crippen molar-refractivity contribution in [2.75, 3.05) is 26.9 Å². The number of hydrogen-bond acceptors (Lipinski definition) is 5. The maximum Gasteiger partial charge on any atom is 0.266 e. The van der Waals surface area contributed by atoms with Crippen LogP contribution in [0.15, 0.2) is 64.5 Å². The number of amides is 1. The number of methoxy groups -OCH3 is 1. The molecule has 1 aliphatic heterocycles. The molecule has 0 atom stereocenters. The smallest absolute Gasteiger partial charge is 0.266 e. The molecule has 0 aliphatic carbocycles. The Labute approximate surface area is 176 Å². The summed E-state index contributed by atoms with van der Waals surface area (Å²) in [5.41, 5.74) is 1.77. The number of amidine groups is 1. The van der Waals surface area contributed by atoms with Crippen molar-refractivity contribution >= 4 is 34.6 Å². The second kappa shape index (κ2) is 10.3. The Balaban J connectivity index is 1.80. The van der Waals surface area contributed by atoms with Gasteiger partial charge in [0.1, 0.15) is 5.75 Å². The van der Waals surface area contributed by atoms with Crippen molar-refractivity contribution in [3.05, 3.63) is 65.1 Å². The Kier molecular flexibility index (Phi) is 7.49. The molecule has 1 heterocycles. The fraction of sp³-hybridized carbons (Fsp3) is 0.304. The van der Waals surface area contributed by atoms with Crippen LogP contribution in [0.5, 0.6) is 5.75 Å². The Bertz CT molecular complexity index is 877. The summed E-state index contributed by atoms with van der Waals surface area (Å²) >= 11 is 1.39. The molecule has 1 fully saturated rings. The second-order valence-corrected chi connectivity index (χ2v) is 8.07. The van der Waals surface area contributed by atoms with E-state index in [4.69, 9.17) is 9.47 Å². The fourth-order valence-electron chi connectivity index (χ4n) is 2.66. The lowest BCUT2D eigenvalue weighted by Crippen LogP contribution is -2.32. The molecule has 0 saturated carbocycles. The van der Waals surface area contributed by atoms with Gasteiger partial charge in [-0.1, -0.05) is 44.2 Å². The van der Waals surface area contributed by atoms with Gasteiger partial charge in [-0.15, -0.1) is 0 Å². The third-order valence-corrected chi connectivity index (χ3v) is 5.16. The molecule has 1 aliphatic rings. The first-order chi connectivity index (χ1) is 14.1. The molecule has 6 heteroatoms. The van der Waals surface area contributed by atoms with Crippen LogP contribution in [0.25, 0.3) is 6.08 Å². The quantitative estimate of drug-likeness (QED) is 0.577. The zero-order valence-electron chi connectivity index (χ0n) is 17.0. The number of rotatable bonds is 8. The van der Waals surface area contributed by atoms with Gasteiger partial charge in [0, 0.05) is 7.11 Å². The summed E-state index contributed by atoms with van der Waals surface area (Å²) in [5, 5.41) is 0.668. The Morgan fingerprint density at radius 1 is 1.10 bits per heavy atom. The molecule has 2 aromatic rings.